The Morgan fingerprint density at radius 1 is 1.75 bits per heavy atom. The van der Waals surface area contributed by atoms with E-state index in [1.807, 2.05) is 6.92 Å². The molecule has 0 aromatic heterocycles. The van der Waals surface area contributed by atoms with E-state index in [1.165, 1.54) is 6.92 Å². The van der Waals surface area contributed by atoms with Gasteiger partial charge in [0.05, 0.1) is 0 Å². The van der Waals surface area contributed by atoms with E-state index in [-0.39, 0.29) is 44.7 Å². The molecule has 2 nitrogen and oxygen atoms in total. The van der Waals surface area contributed by atoms with Crippen LogP contribution in [0.25, 0.3) is 0 Å². The number of rotatable bonds is 1. The quantitative estimate of drug-likeness (QED) is 0.592. The van der Waals surface area contributed by atoms with Crippen LogP contribution in [0.15, 0.2) is 0 Å². The number of hydrogen-bond donors (Lipinski definition) is 1. The van der Waals surface area contributed by atoms with Crippen molar-refractivity contribution in [2.45, 2.75) is 19.9 Å². The Balaban J connectivity index is 0. The van der Waals surface area contributed by atoms with Gasteiger partial charge in [-0.2, -0.15) is 0 Å². The molecule has 0 aromatic rings. The first-order valence-electron chi connectivity index (χ1n) is 2.23. The molecule has 0 bridgehead atoms. The normalized spacial score (nSPS) is 11.4. The molecule has 1 N–H and O–H groups in total. The second kappa shape index (κ2) is 5.71. The summed E-state index contributed by atoms with van der Waals surface area (Å²) in [5, 5.41) is 2.56. The summed E-state index contributed by atoms with van der Waals surface area (Å²) in [6.45, 7) is 6.84. The van der Waals surface area contributed by atoms with Crippen molar-refractivity contribution >= 4 is 5.91 Å². The molecular formula is C5H10NOY-. The van der Waals surface area contributed by atoms with Gasteiger partial charge in [0.2, 0.25) is 5.91 Å². The van der Waals surface area contributed by atoms with Gasteiger partial charge in [-0.15, -0.1) is 0 Å². The Morgan fingerprint density at radius 3 is 2.12 bits per heavy atom. The molecular weight excluding hydrogens is 179 g/mol. The molecule has 0 fully saturated rings. The number of carbonyl (C=O) groups excluding carboxylic acids is 1. The molecule has 8 heavy (non-hydrogen) atoms. The first kappa shape index (κ1) is 11.4. The molecule has 0 heterocycles. The standard InChI is InChI=1S/C5H10NO.Y/c1-4(2)6-5(3)7;/h4H,1H2,2-3H3,(H,6,7);/q-1;. The van der Waals surface area contributed by atoms with Crippen LogP contribution in [0.1, 0.15) is 13.8 Å². The van der Waals surface area contributed by atoms with E-state index in [4.69, 9.17) is 0 Å². The second-order valence-electron chi connectivity index (χ2n) is 1.60. The monoisotopic (exact) mass is 189 g/mol. The maximum atomic E-state index is 10.1. The molecule has 0 aliphatic rings. The van der Waals surface area contributed by atoms with E-state index in [0.29, 0.717) is 0 Å². The van der Waals surface area contributed by atoms with Crippen LogP contribution in [0, 0.1) is 6.92 Å². The fraction of sp³-hybridized carbons (Fsp3) is 0.600. The zero-order chi connectivity index (χ0) is 5.86. The van der Waals surface area contributed by atoms with Crippen molar-refractivity contribution < 1.29 is 37.5 Å². The fourth-order valence-electron chi connectivity index (χ4n) is 0.347. The van der Waals surface area contributed by atoms with Crippen molar-refractivity contribution in [3.05, 3.63) is 6.92 Å². The summed E-state index contributed by atoms with van der Waals surface area (Å²) in [4.78, 5) is 10.1. The van der Waals surface area contributed by atoms with Gasteiger partial charge in [0.1, 0.15) is 0 Å². The Bertz CT molecular complexity index is 72.8. The number of hydrogen-bond acceptors (Lipinski definition) is 1. The van der Waals surface area contributed by atoms with E-state index >= 15 is 0 Å². The summed E-state index contributed by atoms with van der Waals surface area (Å²) in [7, 11) is 0. The molecule has 3 heteroatoms. The molecule has 1 unspecified atom stereocenters. The molecule has 0 saturated heterocycles. The van der Waals surface area contributed by atoms with Gasteiger partial charge in [-0.3, -0.25) is 4.79 Å². The molecule has 1 atom stereocenters. The third-order valence-electron chi connectivity index (χ3n) is 0.450. The van der Waals surface area contributed by atoms with Crippen LogP contribution < -0.4 is 5.32 Å². The number of amides is 1. The fourth-order valence-corrected chi connectivity index (χ4v) is 0.347. The third kappa shape index (κ3) is 9.76. The first-order valence-corrected chi connectivity index (χ1v) is 2.23. The molecule has 45 valence electrons. The van der Waals surface area contributed by atoms with Crippen LogP contribution in [-0.4, -0.2) is 11.9 Å². The number of nitrogens with one attached hydrogen (secondary N) is 1. The van der Waals surface area contributed by atoms with Gasteiger partial charge in [-0.05, 0) is 0 Å². The average molecular weight is 189 g/mol. The topological polar surface area (TPSA) is 29.1 Å². The van der Waals surface area contributed by atoms with Gasteiger partial charge < -0.3 is 12.2 Å². The van der Waals surface area contributed by atoms with Crippen LogP contribution in [0.3, 0.4) is 0 Å². The molecule has 1 amide bonds. The Kier molecular flexibility index (Phi) is 8.12. The van der Waals surface area contributed by atoms with Gasteiger partial charge in [0, 0.05) is 39.6 Å². The SMILES string of the molecule is [CH2-]C(C)NC(C)=O.[Y]. The molecule has 0 aliphatic carbocycles. The maximum absolute atomic E-state index is 10.1. The van der Waals surface area contributed by atoms with Crippen LogP contribution in [0.4, 0.5) is 0 Å². The number of carbonyl (C=O) groups is 1. The van der Waals surface area contributed by atoms with Gasteiger partial charge in [-0.25, -0.2) is 0 Å². The Labute approximate surface area is 75.3 Å². The van der Waals surface area contributed by atoms with Crippen molar-refractivity contribution in [3.63, 3.8) is 0 Å². The van der Waals surface area contributed by atoms with Crippen LogP contribution >= 0.6 is 0 Å². The van der Waals surface area contributed by atoms with Crippen molar-refractivity contribution in [1.29, 1.82) is 0 Å². The van der Waals surface area contributed by atoms with Crippen LogP contribution in [0.5, 0.6) is 0 Å². The second-order valence-corrected chi connectivity index (χ2v) is 1.60. The predicted octanol–water partition coefficient (Wildman–Crippen LogP) is 0.343. The van der Waals surface area contributed by atoms with Crippen LogP contribution in [0.2, 0.25) is 0 Å². The van der Waals surface area contributed by atoms with Gasteiger partial charge in [0.25, 0.3) is 0 Å². The molecule has 0 spiro atoms. The summed E-state index contributed by atoms with van der Waals surface area (Å²) < 4.78 is 0. The van der Waals surface area contributed by atoms with E-state index in [2.05, 4.69) is 12.2 Å². The van der Waals surface area contributed by atoms with Gasteiger partial charge in [-0.1, -0.05) is 13.0 Å². The first-order chi connectivity index (χ1) is 3.13. The smallest absolute Gasteiger partial charge is 0.214 e. The average Bonchev–Trinajstić information content (AvgIpc) is 1.27. The molecule has 0 aromatic carbocycles. The van der Waals surface area contributed by atoms with Crippen molar-refractivity contribution in [2.75, 3.05) is 0 Å². The summed E-state index contributed by atoms with van der Waals surface area (Å²) in [6.07, 6.45) is 0. The minimum Gasteiger partial charge on any atom is -0.384 e. The van der Waals surface area contributed by atoms with Crippen molar-refractivity contribution in [3.8, 4) is 0 Å². The Morgan fingerprint density at radius 2 is 2.12 bits per heavy atom. The van der Waals surface area contributed by atoms with Crippen molar-refractivity contribution in [2.24, 2.45) is 0 Å². The maximum Gasteiger partial charge on any atom is 0.214 e. The van der Waals surface area contributed by atoms with Crippen molar-refractivity contribution in [1.82, 2.24) is 5.32 Å². The molecule has 0 rings (SSSR count). The van der Waals surface area contributed by atoms with Crippen LogP contribution in [-0.2, 0) is 37.5 Å². The summed E-state index contributed by atoms with van der Waals surface area (Å²) in [5.74, 6) is -0.0255. The summed E-state index contributed by atoms with van der Waals surface area (Å²) in [6, 6.07) is 0.0255. The Hall–Kier alpha value is 0.574. The van der Waals surface area contributed by atoms with E-state index in [0.717, 1.165) is 0 Å². The molecule has 1 radical (unpaired) electrons. The largest absolute Gasteiger partial charge is 0.384 e. The summed E-state index contributed by atoms with van der Waals surface area (Å²) >= 11 is 0. The minimum atomic E-state index is -0.0255. The predicted molar refractivity (Wildman–Crippen MR) is 28.6 cm³/mol. The minimum absolute atomic E-state index is 0. The zero-order valence-electron chi connectivity index (χ0n) is 5.27. The van der Waals surface area contributed by atoms with E-state index in [1.54, 1.807) is 0 Å². The van der Waals surface area contributed by atoms with E-state index in [9.17, 15) is 4.79 Å². The summed E-state index contributed by atoms with van der Waals surface area (Å²) in [5.41, 5.74) is 0. The third-order valence-corrected chi connectivity index (χ3v) is 0.450. The zero-order valence-corrected chi connectivity index (χ0v) is 8.11. The van der Waals surface area contributed by atoms with E-state index < -0.39 is 0 Å². The molecule has 0 aliphatic heterocycles. The van der Waals surface area contributed by atoms with Gasteiger partial charge in [0.15, 0.2) is 0 Å². The van der Waals surface area contributed by atoms with Gasteiger partial charge >= 0.3 is 0 Å². The molecule has 0 saturated carbocycles.